The van der Waals surface area contributed by atoms with E-state index < -0.39 is 16.0 Å². The molecule has 0 atom stereocenters. The van der Waals surface area contributed by atoms with Crippen LogP contribution < -0.4 is 0 Å². The first-order valence-corrected chi connectivity index (χ1v) is 7.68. The average molecular weight is 293 g/mol. The van der Waals surface area contributed by atoms with E-state index in [-0.39, 0.29) is 29.5 Å². The van der Waals surface area contributed by atoms with E-state index in [0.29, 0.717) is 6.42 Å². The van der Waals surface area contributed by atoms with Crippen molar-refractivity contribution in [1.82, 2.24) is 4.31 Å². The summed E-state index contributed by atoms with van der Waals surface area (Å²) >= 11 is 0.889. The molecule has 18 heavy (non-hydrogen) atoms. The number of aromatic carboxylic acids is 1. The number of carbonyl (C=O) groups is 1. The van der Waals surface area contributed by atoms with Crippen LogP contribution in [0.25, 0.3) is 0 Å². The van der Waals surface area contributed by atoms with Gasteiger partial charge in [0.1, 0.15) is 4.21 Å². The summed E-state index contributed by atoms with van der Waals surface area (Å²) < 4.78 is 25.6. The lowest BCUT2D eigenvalue weighted by atomic mass is 10.4. The molecular formula is C10H15NO5S2. The summed E-state index contributed by atoms with van der Waals surface area (Å²) in [5.74, 6) is -1.15. The van der Waals surface area contributed by atoms with Gasteiger partial charge < -0.3 is 10.2 Å². The van der Waals surface area contributed by atoms with Crippen LogP contribution in [0.3, 0.4) is 0 Å². The maximum atomic E-state index is 12.2. The van der Waals surface area contributed by atoms with Crippen LogP contribution in [0.2, 0.25) is 0 Å². The molecule has 0 aromatic carbocycles. The van der Waals surface area contributed by atoms with E-state index in [0.717, 1.165) is 17.4 Å². The van der Waals surface area contributed by atoms with Crippen LogP contribution in [-0.4, -0.2) is 48.6 Å². The van der Waals surface area contributed by atoms with Gasteiger partial charge in [-0.2, -0.15) is 4.31 Å². The van der Waals surface area contributed by atoms with Crippen LogP contribution in [-0.2, 0) is 10.0 Å². The van der Waals surface area contributed by atoms with Crippen molar-refractivity contribution in [1.29, 1.82) is 0 Å². The van der Waals surface area contributed by atoms with Gasteiger partial charge in [0.15, 0.2) is 0 Å². The Morgan fingerprint density at radius 1 is 1.50 bits per heavy atom. The Morgan fingerprint density at radius 3 is 2.61 bits per heavy atom. The third kappa shape index (κ3) is 3.29. The average Bonchev–Trinajstić information content (AvgIpc) is 2.79. The molecule has 0 aliphatic rings. The highest BCUT2D eigenvalue weighted by atomic mass is 32.2. The SMILES string of the molecule is CCN(CCCO)S(=O)(=O)c1cc(C(=O)O)cs1. The second-order valence-electron chi connectivity index (χ2n) is 3.53. The maximum absolute atomic E-state index is 12.2. The first kappa shape index (κ1) is 15.1. The largest absolute Gasteiger partial charge is 0.478 e. The van der Waals surface area contributed by atoms with Crippen molar-refractivity contribution in [2.24, 2.45) is 0 Å². The van der Waals surface area contributed by atoms with Gasteiger partial charge in [-0.15, -0.1) is 11.3 Å². The Kier molecular flexibility index (Phi) is 5.27. The second-order valence-corrected chi connectivity index (χ2v) is 6.61. The third-order valence-corrected chi connectivity index (χ3v) is 5.72. The van der Waals surface area contributed by atoms with Crippen LogP contribution in [0, 0.1) is 0 Å². The molecule has 2 N–H and O–H groups in total. The number of aliphatic hydroxyl groups excluding tert-OH is 1. The van der Waals surface area contributed by atoms with Crippen LogP contribution in [0.1, 0.15) is 23.7 Å². The van der Waals surface area contributed by atoms with Crippen molar-refractivity contribution in [2.75, 3.05) is 19.7 Å². The van der Waals surface area contributed by atoms with Crippen molar-refractivity contribution < 1.29 is 23.4 Å². The lowest BCUT2D eigenvalue weighted by Gasteiger charge is -2.18. The van der Waals surface area contributed by atoms with Gasteiger partial charge >= 0.3 is 5.97 Å². The minimum atomic E-state index is -3.66. The van der Waals surface area contributed by atoms with E-state index in [4.69, 9.17) is 10.2 Å². The standard InChI is InChI=1S/C10H15NO5S2/c1-2-11(4-3-5-12)18(15,16)9-6-8(7-17-9)10(13)14/h6-7,12H,2-5H2,1H3,(H,13,14). The van der Waals surface area contributed by atoms with Gasteiger partial charge in [-0.3, -0.25) is 0 Å². The maximum Gasteiger partial charge on any atom is 0.336 e. The summed E-state index contributed by atoms with van der Waals surface area (Å²) in [6.45, 7) is 2.11. The van der Waals surface area contributed by atoms with Crippen LogP contribution in [0.15, 0.2) is 15.7 Å². The number of hydrogen-bond acceptors (Lipinski definition) is 5. The van der Waals surface area contributed by atoms with E-state index in [1.54, 1.807) is 6.92 Å². The fourth-order valence-corrected chi connectivity index (χ4v) is 4.18. The van der Waals surface area contributed by atoms with Crippen molar-refractivity contribution in [3.8, 4) is 0 Å². The lowest BCUT2D eigenvalue weighted by molar-refractivity contribution is 0.0697. The molecule has 102 valence electrons. The number of nitrogens with zero attached hydrogens (tertiary/aromatic N) is 1. The highest BCUT2D eigenvalue weighted by Crippen LogP contribution is 2.24. The van der Waals surface area contributed by atoms with Gasteiger partial charge in [0.05, 0.1) is 5.56 Å². The summed E-state index contributed by atoms with van der Waals surface area (Å²) in [6.07, 6.45) is 0.351. The molecule has 0 spiro atoms. The van der Waals surface area contributed by atoms with Gasteiger partial charge in [-0.05, 0) is 12.5 Å². The zero-order chi connectivity index (χ0) is 13.8. The number of rotatable bonds is 7. The topological polar surface area (TPSA) is 94.9 Å². The molecule has 8 heteroatoms. The molecule has 6 nitrogen and oxygen atoms in total. The number of hydrogen-bond donors (Lipinski definition) is 2. The van der Waals surface area contributed by atoms with Gasteiger partial charge in [0.25, 0.3) is 10.0 Å². The molecule has 0 aliphatic heterocycles. The fraction of sp³-hybridized carbons (Fsp3) is 0.500. The summed E-state index contributed by atoms with van der Waals surface area (Å²) in [6, 6.07) is 1.16. The van der Waals surface area contributed by atoms with E-state index in [1.165, 1.54) is 9.69 Å². The quantitative estimate of drug-likeness (QED) is 0.776. The summed E-state index contributed by atoms with van der Waals surface area (Å²) in [4.78, 5) is 10.7. The Bertz CT molecular complexity index is 508. The molecule has 1 aromatic rings. The molecule has 1 aromatic heterocycles. The molecule has 0 fully saturated rings. The van der Waals surface area contributed by atoms with Crippen LogP contribution in [0.5, 0.6) is 0 Å². The highest BCUT2D eigenvalue weighted by molar-refractivity contribution is 7.91. The Hall–Kier alpha value is -0.960. The van der Waals surface area contributed by atoms with Crippen molar-refractivity contribution in [3.63, 3.8) is 0 Å². The van der Waals surface area contributed by atoms with Crippen LogP contribution >= 0.6 is 11.3 Å². The molecule has 0 aliphatic carbocycles. The van der Waals surface area contributed by atoms with Crippen molar-refractivity contribution in [2.45, 2.75) is 17.6 Å². The Morgan fingerprint density at radius 2 is 2.17 bits per heavy atom. The molecule has 0 amide bonds. The highest BCUT2D eigenvalue weighted by Gasteiger charge is 2.25. The summed E-state index contributed by atoms with van der Waals surface area (Å²) in [5, 5.41) is 18.8. The second kappa shape index (κ2) is 6.28. The minimum absolute atomic E-state index is 0.0136. The van der Waals surface area contributed by atoms with Crippen LogP contribution in [0.4, 0.5) is 0 Å². The molecule has 0 bridgehead atoms. The molecule has 0 unspecified atom stereocenters. The monoisotopic (exact) mass is 293 g/mol. The van der Waals surface area contributed by atoms with Crippen molar-refractivity contribution >= 4 is 27.3 Å². The number of carboxylic acids is 1. The molecule has 1 rings (SSSR count). The number of carboxylic acid groups (broad SMARTS) is 1. The predicted octanol–water partition coefficient (Wildman–Crippen LogP) is 0.839. The van der Waals surface area contributed by atoms with E-state index in [2.05, 4.69) is 0 Å². The third-order valence-electron chi connectivity index (χ3n) is 2.33. The number of thiophene rings is 1. The van der Waals surface area contributed by atoms with E-state index in [1.807, 2.05) is 0 Å². The Balaban J connectivity index is 2.99. The zero-order valence-corrected chi connectivity index (χ0v) is 11.5. The number of sulfonamides is 1. The van der Waals surface area contributed by atoms with Crippen molar-refractivity contribution in [3.05, 3.63) is 17.0 Å². The first-order valence-electron chi connectivity index (χ1n) is 5.36. The Labute approximate surface area is 110 Å². The molecule has 0 saturated carbocycles. The van der Waals surface area contributed by atoms with Gasteiger partial charge in [0, 0.05) is 25.1 Å². The summed E-state index contributed by atoms with van der Waals surface area (Å²) in [5.41, 5.74) is -0.0308. The van der Waals surface area contributed by atoms with Gasteiger partial charge in [-0.25, -0.2) is 13.2 Å². The molecule has 0 radical (unpaired) electrons. The molecule has 0 saturated heterocycles. The molecule has 1 heterocycles. The predicted molar refractivity (Wildman–Crippen MR) is 67.4 cm³/mol. The minimum Gasteiger partial charge on any atom is -0.478 e. The molecular weight excluding hydrogens is 278 g/mol. The zero-order valence-electron chi connectivity index (χ0n) is 9.87. The lowest BCUT2D eigenvalue weighted by Crippen LogP contribution is -2.31. The normalized spacial score (nSPS) is 11.9. The van der Waals surface area contributed by atoms with E-state index >= 15 is 0 Å². The smallest absolute Gasteiger partial charge is 0.336 e. The van der Waals surface area contributed by atoms with Gasteiger partial charge in [-0.1, -0.05) is 6.92 Å². The summed E-state index contributed by atoms with van der Waals surface area (Å²) in [7, 11) is -3.66. The first-order chi connectivity index (χ1) is 8.43. The number of aliphatic hydroxyl groups is 1. The fourth-order valence-electron chi connectivity index (χ4n) is 1.39. The van der Waals surface area contributed by atoms with Gasteiger partial charge in [0.2, 0.25) is 0 Å². The van der Waals surface area contributed by atoms with E-state index in [9.17, 15) is 13.2 Å².